The quantitative estimate of drug-likeness (QED) is 0.591. The number of rotatable bonds is 3. The molecule has 0 atom stereocenters. The molecule has 0 aromatic rings. The van der Waals surface area contributed by atoms with Gasteiger partial charge in [0.15, 0.2) is 0 Å². The Bertz CT molecular complexity index is 254. The minimum Gasteiger partial charge on any atom is -0.166 e. The van der Waals surface area contributed by atoms with Gasteiger partial charge in [-0.3, -0.25) is 0 Å². The van der Waals surface area contributed by atoms with Crippen molar-refractivity contribution < 1.29 is 13.2 Å². The maximum atomic E-state index is 12.2. The van der Waals surface area contributed by atoms with Crippen LogP contribution in [0, 0.1) is 0 Å². The van der Waals surface area contributed by atoms with Gasteiger partial charge in [-0.25, -0.2) is 0 Å². The zero-order chi connectivity index (χ0) is 10.5. The molecule has 0 radical (unpaired) electrons. The summed E-state index contributed by atoms with van der Waals surface area (Å²) in [4.78, 5) is 0. The van der Waals surface area contributed by atoms with Gasteiger partial charge in [-0.2, -0.15) is 13.2 Å². The van der Waals surface area contributed by atoms with Crippen molar-refractivity contribution >= 4 is 0 Å². The number of allylic oxidation sites excluding steroid dienone is 6. The van der Waals surface area contributed by atoms with Crippen molar-refractivity contribution in [1.82, 2.24) is 0 Å². The Labute approximate surface area is 75.8 Å². The summed E-state index contributed by atoms with van der Waals surface area (Å²) < 4.78 is 36.6. The lowest BCUT2D eigenvalue weighted by molar-refractivity contribution is -0.0882. The molecule has 0 saturated carbocycles. The molecule has 0 heterocycles. The molecule has 0 aliphatic rings. The lowest BCUT2D eigenvalue weighted by atomic mass is 10.1. The van der Waals surface area contributed by atoms with Gasteiger partial charge in [-0.1, -0.05) is 37.0 Å². The van der Waals surface area contributed by atoms with E-state index in [4.69, 9.17) is 0 Å². The van der Waals surface area contributed by atoms with E-state index in [2.05, 4.69) is 13.2 Å². The van der Waals surface area contributed by atoms with Crippen LogP contribution in [-0.4, -0.2) is 6.18 Å². The van der Waals surface area contributed by atoms with Crippen molar-refractivity contribution in [1.29, 1.82) is 0 Å². The second kappa shape index (κ2) is 4.70. The predicted molar refractivity (Wildman–Crippen MR) is 48.3 cm³/mol. The summed E-state index contributed by atoms with van der Waals surface area (Å²) in [6.07, 6.45) is 0.0818. The minimum atomic E-state index is -4.33. The van der Waals surface area contributed by atoms with Crippen molar-refractivity contribution in [2.24, 2.45) is 0 Å². The molecular weight excluding hydrogens is 177 g/mol. The molecule has 0 N–H and O–H groups in total. The molecule has 0 amide bonds. The molecule has 0 spiro atoms. The largest absolute Gasteiger partial charge is 0.416 e. The van der Waals surface area contributed by atoms with E-state index in [1.807, 2.05) is 0 Å². The maximum Gasteiger partial charge on any atom is 0.416 e. The lowest BCUT2D eigenvalue weighted by Crippen LogP contribution is -2.09. The highest BCUT2D eigenvalue weighted by Gasteiger charge is 2.31. The van der Waals surface area contributed by atoms with Gasteiger partial charge in [0.2, 0.25) is 0 Å². The van der Waals surface area contributed by atoms with Crippen LogP contribution in [0.3, 0.4) is 0 Å². The smallest absolute Gasteiger partial charge is 0.166 e. The van der Waals surface area contributed by atoms with Crippen LogP contribution in [0.5, 0.6) is 0 Å². The third-order valence-corrected chi connectivity index (χ3v) is 1.33. The Morgan fingerprint density at radius 3 is 2.08 bits per heavy atom. The Hall–Kier alpha value is -1.25. The molecule has 0 nitrogen and oxygen atoms in total. The van der Waals surface area contributed by atoms with Crippen LogP contribution < -0.4 is 0 Å². The summed E-state index contributed by atoms with van der Waals surface area (Å²) >= 11 is 0. The van der Waals surface area contributed by atoms with Crippen LogP contribution in [0.2, 0.25) is 0 Å². The van der Waals surface area contributed by atoms with E-state index >= 15 is 0 Å². The first-order valence-electron chi connectivity index (χ1n) is 3.62. The molecule has 0 aromatic carbocycles. The van der Waals surface area contributed by atoms with Crippen molar-refractivity contribution in [2.75, 3.05) is 0 Å². The van der Waals surface area contributed by atoms with E-state index < -0.39 is 11.7 Å². The van der Waals surface area contributed by atoms with Crippen LogP contribution in [0.1, 0.15) is 6.92 Å². The van der Waals surface area contributed by atoms with Crippen molar-refractivity contribution in [3.8, 4) is 0 Å². The normalized spacial score (nSPS) is 14.2. The first-order chi connectivity index (χ1) is 5.91. The van der Waals surface area contributed by atoms with Gasteiger partial charge in [0.05, 0.1) is 5.57 Å². The van der Waals surface area contributed by atoms with Gasteiger partial charge in [0, 0.05) is 0 Å². The van der Waals surface area contributed by atoms with E-state index in [0.29, 0.717) is 5.57 Å². The molecule has 0 fully saturated rings. The van der Waals surface area contributed by atoms with Crippen LogP contribution in [0.15, 0.2) is 48.6 Å². The number of halogens is 3. The van der Waals surface area contributed by atoms with Gasteiger partial charge >= 0.3 is 6.18 Å². The Balaban J connectivity index is 4.96. The molecule has 0 rings (SSSR count). The van der Waals surface area contributed by atoms with Crippen molar-refractivity contribution in [3.63, 3.8) is 0 Å². The second-order valence-corrected chi connectivity index (χ2v) is 2.45. The molecule has 0 aliphatic heterocycles. The fourth-order valence-corrected chi connectivity index (χ4v) is 0.656. The summed E-state index contributed by atoms with van der Waals surface area (Å²) in [5.41, 5.74) is -0.259. The van der Waals surface area contributed by atoms with E-state index in [1.165, 1.54) is 6.08 Å². The average molecular weight is 188 g/mol. The molecule has 0 aromatic heterocycles. The monoisotopic (exact) mass is 188 g/mol. The fourth-order valence-electron chi connectivity index (χ4n) is 0.656. The molecule has 72 valence electrons. The zero-order valence-electron chi connectivity index (χ0n) is 7.36. The second-order valence-electron chi connectivity index (χ2n) is 2.45. The summed E-state index contributed by atoms with van der Waals surface area (Å²) in [6.45, 7) is 8.13. The minimum absolute atomic E-state index is 0.463. The van der Waals surface area contributed by atoms with Crippen molar-refractivity contribution in [3.05, 3.63) is 48.6 Å². The van der Waals surface area contributed by atoms with Crippen LogP contribution in [-0.2, 0) is 0 Å². The SMILES string of the molecule is C=C/C=C(\C=C(\C)C=C)C(F)(F)F. The highest BCUT2D eigenvalue weighted by molar-refractivity contribution is 5.33. The number of alkyl halides is 3. The highest BCUT2D eigenvalue weighted by atomic mass is 19.4. The van der Waals surface area contributed by atoms with E-state index in [9.17, 15) is 13.2 Å². The molecule has 0 aliphatic carbocycles. The number of hydrogen-bond donors (Lipinski definition) is 0. The van der Waals surface area contributed by atoms with Crippen molar-refractivity contribution in [2.45, 2.75) is 13.1 Å². The Kier molecular flexibility index (Phi) is 4.25. The molecule has 3 heteroatoms. The summed E-state index contributed by atoms with van der Waals surface area (Å²) in [5, 5.41) is 0. The first-order valence-corrected chi connectivity index (χ1v) is 3.62. The summed E-state index contributed by atoms with van der Waals surface area (Å²) in [7, 11) is 0. The van der Waals surface area contributed by atoms with Gasteiger partial charge in [-0.05, 0) is 13.0 Å². The van der Waals surface area contributed by atoms with E-state index in [1.54, 1.807) is 6.92 Å². The molecule has 0 unspecified atom stereocenters. The molecule has 13 heavy (non-hydrogen) atoms. The standard InChI is InChI=1S/C10H11F3/c1-4-6-9(10(11,12)13)7-8(3)5-2/h4-7H,1-2H2,3H3/b8-7-,9-6+. The van der Waals surface area contributed by atoms with Crippen LogP contribution in [0.25, 0.3) is 0 Å². The predicted octanol–water partition coefficient (Wildman–Crippen LogP) is 3.79. The lowest BCUT2D eigenvalue weighted by Gasteiger charge is -2.07. The first kappa shape index (κ1) is 11.8. The van der Waals surface area contributed by atoms with E-state index in [0.717, 1.165) is 18.2 Å². The zero-order valence-corrected chi connectivity index (χ0v) is 7.36. The molecule has 0 saturated heterocycles. The third-order valence-electron chi connectivity index (χ3n) is 1.33. The average Bonchev–Trinajstić information content (AvgIpc) is 2.01. The summed E-state index contributed by atoms with van der Waals surface area (Å²) in [6, 6.07) is 0. The van der Waals surface area contributed by atoms with Gasteiger partial charge < -0.3 is 0 Å². The topological polar surface area (TPSA) is 0 Å². The highest BCUT2D eigenvalue weighted by Crippen LogP contribution is 2.27. The van der Waals surface area contributed by atoms with Gasteiger partial charge in [0.25, 0.3) is 0 Å². The fraction of sp³-hybridized carbons (Fsp3) is 0.200. The molecule has 0 bridgehead atoms. The Morgan fingerprint density at radius 2 is 1.77 bits per heavy atom. The molecular formula is C10H11F3. The van der Waals surface area contributed by atoms with Crippen LogP contribution >= 0.6 is 0 Å². The van der Waals surface area contributed by atoms with Gasteiger partial charge in [0.1, 0.15) is 0 Å². The van der Waals surface area contributed by atoms with Crippen LogP contribution in [0.4, 0.5) is 13.2 Å². The number of hydrogen-bond acceptors (Lipinski definition) is 0. The van der Waals surface area contributed by atoms with E-state index in [-0.39, 0.29) is 0 Å². The summed E-state index contributed by atoms with van der Waals surface area (Å²) in [5.74, 6) is 0. The maximum absolute atomic E-state index is 12.2. The Morgan fingerprint density at radius 1 is 1.23 bits per heavy atom. The van der Waals surface area contributed by atoms with Gasteiger partial charge in [-0.15, -0.1) is 0 Å². The third kappa shape index (κ3) is 4.35.